The Bertz CT molecular complexity index is 172. The number of aromatic amines is 1. The van der Waals surface area contributed by atoms with Gasteiger partial charge in [0.2, 0.25) is 0 Å². The molecule has 3 N–H and O–H groups in total. The fraction of sp³-hybridized carbons (Fsp3) is 0.250. The van der Waals surface area contributed by atoms with Crippen LogP contribution in [0.2, 0.25) is 0 Å². The number of nitrogens with zero attached hydrogens (tertiary/aromatic N) is 1. The fourth-order valence-corrected chi connectivity index (χ4v) is 0.699. The zero-order valence-corrected chi connectivity index (χ0v) is 5.15. The molecule has 44 valence electrons. The van der Waals surface area contributed by atoms with Crippen molar-refractivity contribution >= 4 is 18.4 Å². The van der Waals surface area contributed by atoms with E-state index in [4.69, 9.17) is 5.73 Å². The van der Waals surface area contributed by atoms with Crippen LogP contribution >= 0.6 is 12.6 Å². The number of hydrogen-bond donors (Lipinski definition) is 3. The van der Waals surface area contributed by atoms with Crippen LogP contribution < -0.4 is 5.73 Å². The molecule has 0 saturated carbocycles. The molecule has 0 amide bonds. The van der Waals surface area contributed by atoms with Crippen LogP contribution in [0.15, 0.2) is 6.20 Å². The number of nitrogen functional groups attached to an aromatic ring is 1. The first kappa shape index (κ1) is 5.50. The van der Waals surface area contributed by atoms with Crippen LogP contribution in [0.1, 0.15) is 5.56 Å². The van der Waals surface area contributed by atoms with E-state index in [1.165, 1.54) is 0 Å². The molecule has 1 aromatic heterocycles. The van der Waals surface area contributed by atoms with Crippen molar-refractivity contribution in [3.63, 3.8) is 0 Å². The average molecular weight is 129 g/mol. The van der Waals surface area contributed by atoms with E-state index in [0.717, 1.165) is 5.56 Å². The van der Waals surface area contributed by atoms with Gasteiger partial charge in [-0.05, 0) is 0 Å². The SMILES string of the molecule is Nc1[nH]ncc1CS. The van der Waals surface area contributed by atoms with E-state index in [-0.39, 0.29) is 0 Å². The van der Waals surface area contributed by atoms with Crippen molar-refractivity contribution in [1.82, 2.24) is 10.2 Å². The van der Waals surface area contributed by atoms with E-state index in [1.807, 2.05) is 0 Å². The minimum Gasteiger partial charge on any atom is -0.384 e. The van der Waals surface area contributed by atoms with Gasteiger partial charge < -0.3 is 5.73 Å². The Morgan fingerprint density at radius 2 is 2.62 bits per heavy atom. The molecule has 0 unspecified atom stereocenters. The highest BCUT2D eigenvalue weighted by molar-refractivity contribution is 7.79. The average Bonchev–Trinajstić information content (AvgIpc) is 2.14. The molecule has 3 nitrogen and oxygen atoms in total. The van der Waals surface area contributed by atoms with Crippen LogP contribution in [-0.2, 0) is 5.75 Å². The Morgan fingerprint density at radius 1 is 1.88 bits per heavy atom. The fourth-order valence-electron chi connectivity index (χ4n) is 0.447. The van der Waals surface area contributed by atoms with E-state index in [0.29, 0.717) is 11.6 Å². The maximum atomic E-state index is 5.38. The first-order valence-corrected chi connectivity index (χ1v) is 2.86. The zero-order valence-electron chi connectivity index (χ0n) is 4.26. The minimum absolute atomic E-state index is 0.611. The largest absolute Gasteiger partial charge is 0.384 e. The van der Waals surface area contributed by atoms with Gasteiger partial charge in [-0.25, -0.2) is 0 Å². The normalized spacial score (nSPS) is 9.62. The van der Waals surface area contributed by atoms with E-state index < -0.39 is 0 Å². The van der Waals surface area contributed by atoms with Gasteiger partial charge in [-0.2, -0.15) is 17.7 Å². The highest BCUT2D eigenvalue weighted by Crippen LogP contribution is 2.07. The lowest BCUT2D eigenvalue weighted by Gasteiger charge is -1.86. The number of nitrogens with one attached hydrogen (secondary N) is 1. The van der Waals surface area contributed by atoms with Crippen molar-refractivity contribution < 1.29 is 0 Å². The number of nitrogens with two attached hydrogens (primary N) is 1. The van der Waals surface area contributed by atoms with Crippen molar-refractivity contribution in [2.45, 2.75) is 5.75 Å². The Morgan fingerprint density at radius 3 is 2.88 bits per heavy atom. The maximum Gasteiger partial charge on any atom is 0.122 e. The highest BCUT2D eigenvalue weighted by atomic mass is 32.1. The van der Waals surface area contributed by atoms with Crippen LogP contribution in [0.4, 0.5) is 5.82 Å². The third kappa shape index (κ3) is 0.790. The quantitative estimate of drug-likeness (QED) is 0.481. The van der Waals surface area contributed by atoms with Gasteiger partial charge in [0.15, 0.2) is 0 Å². The topological polar surface area (TPSA) is 54.7 Å². The lowest BCUT2D eigenvalue weighted by molar-refractivity contribution is 1.10. The second-order valence-electron chi connectivity index (χ2n) is 1.47. The van der Waals surface area contributed by atoms with Crippen LogP contribution in [0.5, 0.6) is 0 Å². The molecule has 1 aromatic rings. The molecule has 1 heterocycles. The summed E-state index contributed by atoms with van der Waals surface area (Å²) < 4.78 is 0. The molecular formula is C4H7N3S. The molecule has 1 rings (SSSR count). The summed E-state index contributed by atoms with van der Waals surface area (Å²) in [6.45, 7) is 0. The Labute approximate surface area is 52.7 Å². The molecule has 0 atom stereocenters. The molecule has 0 saturated heterocycles. The molecule has 0 bridgehead atoms. The van der Waals surface area contributed by atoms with E-state index in [9.17, 15) is 0 Å². The molecule has 0 aliphatic heterocycles. The molecule has 0 spiro atoms. The molecule has 4 heteroatoms. The minimum atomic E-state index is 0.611. The standard InChI is InChI=1S/C4H7N3S/c5-4-3(2-8)1-6-7-4/h1,8H,2H2,(H3,5,6,7). The first-order chi connectivity index (χ1) is 3.84. The smallest absolute Gasteiger partial charge is 0.122 e. The summed E-state index contributed by atoms with van der Waals surface area (Å²) in [5.41, 5.74) is 6.34. The summed E-state index contributed by atoms with van der Waals surface area (Å²) in [6, 6.07) is 0. The maximum absolute atomic E-state index is 5.38. The van der Waals surface area contributed by atoms with Gasteiger partial charge in [0.1, 0.15) is 5.82 Å². The summed E-state index contributed by atoms with van der Waals surface area (Å²) in [7, 11) is 0. The predicted molar refractivity (Wildman–Crippen MR) is 35.7 cm³/mol. The Hall–Kier alpha value is -0.640. The summed E-state index contributed by atoms with van der Waals surface area (Å²) >= 11 is 4.01. The monoisotopic (exact) mass is 129 g/mol. The van der Waals surface area contributed by atoms with E-state index in [1.54, 1.807) is 6.20 Å². The number of aromatic nitrogens is 2. The van der Waals surface area contributed by atoms with Gasteiger partial charge in [0.25, 0.3) is 0 Å². The summed E-state index contributed by atoms with van der Waals surface area (Å²) in [4.78, 5) is 0. The second kappa shape index (κ2) is 2.09. The summed E-state index contributed by atoms with van der Waals surface area (Å²) in [5, 5.41) is 6.29. The molecular weight excluding hydrogens is 122 g/mol. The van der Waals surface area contributed by atoms with Gasteiger partial charge in [0, 0.05) is 11.3 Å². The predicted octanol–water partition coefficient (Wildman–Crippen LogP) is 0.422. The molecule has 0 fully saturated rings. The van der Waals surface area contributed by atoms with Crippen molar-refractivity contribution in [1.29, 1.82) is 0 Å². The van der Waals surface area contributed by atoms with E-state index in [2.05, 4.69) is 22.8 Å². The molecule has 0 aromatic carbocycles. The van der Waals surface area contributed by atoms with Crippen LogP contribution in [0.3, 0.4) is 0 Å². The molecule has 0 aliphatic rings. The number of H-pyrrole nitrogens is 1. The van der Waals surface area contributed by atoms with E-state index >= 15 is 0 Å². The number of hydrogen-bond acceptors (Lipinski definition) is 3. The number of anilines is 1. The first-order valence-electron chi connectivity index (χ1n) is 2.23. The van der Waals surface area contributed by atoms with Gasteiger partial charge in [-0.1, -0.05) is 0 Å². The van der Waals surface area contributed by atoms with Gasteiger partial charge >= 0.3 is 0 Å². The number of rotatable bonds is 1. The van der Waals surface area contributed by atoms with Crippen LogP contribution in [-0.4, -0.2) is 10.2 Å². The van der Waals surface area contributed by atoms with Gasteiger partial charge in [-0.3, -0.25) is 5.10 Å². The number of thiol groups is 1. The summed E-state index contributed by atoms with van der Waals surface area (Å²) in [5.74, 6) is 1.25. The highest BCUT2D eigenvalue weighted by Gasteiger charge is 1.94. The Kier molecular flexibility index (Phi) is 1.43. The van der Waals surface area contributed by atoms with Crippen molar-refractivity contribution in [2.24, 2.45) is 0 Å². The van der Waals surface area contributed by atoms with Crippen molar-refractivity contribution in [2.75, 3.05) is 5.73 Å². The van der Waals surface area contributed by atoms with Crippen LogP contribution in [0, 0.1) is 0 Å². The molecule has 8 heavy (non-hydrogen) atoms. The van der Waals surface area contributed by atoms with Crippen molar-refractivity contribution in [3.05, 3.63) is 11.8 Å². The molecule has 0 radical (unpaired) electrons. The van der Waals surface area contributed by atoms with Crippen molar-refractivity contribution in [3.8, 4) is 0 Å². The third-order valence-corrected chi connectivity index (χ3v) is 1.26. The third-order valence-electron chi connectivity index (χ3n) is 0.922. The summed E-state index contributed by atoms with van der Waals surface area (Å²) in [6.07, 6.45) is 1.67. The Balaban J connectivity index is 2.92. The van der Waals surface area contributed by atoms with Gasteiger partial charge in [-0.15, -0.1) is 0 Å². The van der Waals surface area contributed by atoms with Gasteiger partial charge in [0.05, 0.1) is 6.20 Å². The molecule has 0 aliphatic carbocycles. The lowest BCUT2D eigenvalue weighted by Crippen LogP contribution is -1.87. The zero-order chi connectivity index (χ0) is 5.98. The second-order valence-corrected chi connectivity index (χ2v) is 1.78. The van der Waals surface area contributed by atoms with Crippen LogP contribution in [0.25, 0.3) is 0 Å². The lowest BCUT2D eigenvalue weighted by atomic mass is 10.4.